The van der Waals surface area contributed by atoms with Gasteiger partial charge in [-0.15, -0.1) is 0 Å². The van der Waals surface area contributed by atoms with Crippen molar-refractivity contribution in [3.63, 3.8) is 0 Å². The molecule has 7 heteroatoms. The smallest absolute Gasteiger partial charge is 0.205 e. The number of fused-ring (bicyclic) bond motifs is 3. The van der Waals surface area contributed by atoms with E-state index >= 15 is 0 Å². The third-order valence-corrected chi connectivity index (χ3v) is 2.74. The highest BCUT2D eigenvalue weighted by Crippen LogP contribution is 2.36. The average molecular weight is 276 g/mol. The molecule has 19 heavy (non-hydrogen) atoms. The Hall–Kier alpha value is -2.18. The fourth-order valence-corrected chi connectivity index (χ4v) is 1.89. The van der Waals surface area contributed by atoms with Gasteiger partial charge in [0.25, 0.3) is 0 Å². The molecule has 0 aliphatic rings. The fraction of sp³-hybridized carbons (Fsp3) is 0. The van der Waals surface area contributed by atoms with Gasteiger partial charge in [0.15, 0.2) is 28.9 Å². The number of furan rings is 1. The Morgan fingerprint density at radius 3 is 1.95 bits per heavy atom. The molecule has 0 fully saturated rings. The first-order chi connectivity index (χ1) is 8.93. The number of hydrogen-bond donors (Lipinski definition) is 0. The first kappa shape index (κ1) is 11.9. The molecule has 0 atom stereocenters. The molecule has 0 N–H and O–H groups in total. The summed E-state index contributed by atoms with van der Waals surface area (Å²) in [6.07, 6.45) is 0. The van der Waals surface area contributed by atoms with E-state index < -0.39 is 56.8 Å². The molecule has 0 spiro atoms. The van der Waals surface area contributed by atoms with Gasteiger partial charge in [0, 0.05) is 0 Å². The molecule has 0 saturated carbocycles. The monoisotopic (exact) mass is 276 g/mol. The molecule has 0 amide bonds. The van der Waals surface area contributed by atoms with E-state index in [4.69, 9.17) is 4.42 Å². The van der Waals surface area contributed by atoms with Crippen LogP contribution in [-0.4, -0.2) is 0 Å². The number of halogens is 6. The second-order valence-corrected chi connectivity index (χ2v) is 3.80. The van der Waals surface area contributed by atoms with Crippen LogP contribution in [0.15, 0.2) is 16.5 Å². The molecule has 0 unspecified atom stereocenters. The molecule has 3 aromatic rings. The Balaban J connectivity index is 2.69. The summed E-state index contributed by atoms with van der Waals surface area (Å²) in [5.41, 5.74) is -1.42. The van der Waals surface area contributed by atoms with Gasteiger partial charge in [-0.25, -0.2) is 22.0 Å². The summed E-state index contributed by atoms with van der Waals surface area (Å²) < 4.78 is 84.5. The van der Waals surface area contributed by atoms with Crippen LogP contribution in [0.3, 0.4) is 0 Å². The van der Waals surface area contributed by atoms with Gasteiger partial charge in [-0.05, 0) is 12.1 Å². The molecule has 0 aliphatic heterocycles. The van der Waals surface area contributed by atoms with Gasteiger partial charge in [-0.3, -0.25) is 0 Å². The van der Waals surface area contributed by atoms with Crippen LogP contribution >= 0.6 is 0 Å². The van der Waals surface area contributed by atoms with Gasteiger partial charge < -0.3 is 4.42 Å². The Bertz CT molecular complexity index is 836. The van der Waals surface area contributed by atoms with Crippen molar-refractivity contribution in [2.45, 2.75) is 0 Å². The standard InChI is InChI=1S/C12H2F6O/c13-3-1-2-4-5(7(3)14)6-8(15)9(16)10(17)11(18)12(6)19-4/h1-2H. The highest BCUT2D eigenvalue weighted by molar-refractivity contribution is 6.05. The molecule has 2 aromatic carbocycles. The van der Waals surface area contributed by atoms with Gasteiger partial charge in [-0.1, -0.05) is 0 Å². The summed E-state index contributed by atoms with van der Waals surface area (Å²) >= 11 is 0. The van der Waals surface area contributed by atoms with Crippen molar-refractivity contribution in [1.29, 1.82) is 0 Å². The third-order valence-electron chi connectivity index (χ3n) is 2.74. The quantitative estimate of drug-likeness (QED) is 0.336. The van der Waals surface area contributed by atoms with E-state index in [-0.39, 0.29) is 0 Å². The lowest BCUT2D eigenvalue weighted by atomic mass is 10.1. The number of benzene rings is 2. The molecule has 1 heterocycles. The highest BCUT2D eigenvalue weighted by atomic mass is 19.2. The Labute approximate surface area is 101 Å². The van der Waals surface area contributed by atoms with Gasteiger partial charge in [0.1, 0.15) is 5.58 Å². The van der Waals surface area contributed by atoms with Crippen LogP contribution < -0.4 is 0 Å². The minimum Gasteiger partial charge on any atom is -0.453 e. The number of hydrogen-bond acceptors (Lipinski definition) is 1. The van der Waals surface area contributed by atoms with Crippen LogP contribution in [-0.2, 0) is 0 Å². The topological polar surface area (TPSA) is 13.1 Å². The molecule has 0 radical (unpaired) electrons. The molecular formula is C12H2F6O. The zero-order chi connectivity index (χ0) is 13.9. The second-order valence-electron chi connectivity index (χ2n) is 3.80. The molecule has 0 saturated heterocycles. The van der Waals surface area contributed by atoms with Crippen molar-refractivity contribution in [2.24, 2.45) is 0 Å². The Morgan fingerprint density at radius 1 is 0.632 bits per heavy atom. The minimum atomic E-state index is -2.11. The van der Waals surface area contributed by atoms with Crippen molar-refractivity contribution >= 4 is 21.9 Å². The van der Waals surface area contributed by atoms with Gasteiger partial charge in [0.05, 0.1) is 10.8 Å². The molecule has 3 rings (SSSR count). The van der Waals surface area contributed by atoms with Crippen LogP contribution in [0.4, 0.5) is 26.3 Å². The van der Waals surface area contributed by atoms with Crippen LogP contribution in [0.5, 0.6) is 0 Å². The molecule has 0 bridgehead atoms. The van der Waals surface area contributed by atoms with E-state index in [2.05, 4.69) is 0 Å². The molecular weight excluding hydrogens is 274 g/mol. The van der Waals surface area contributed by atoms with Gasteiger partial charge >= 0.3 is 0 Å². The van der Waals surface area contributed by atoms with Crippen molar-refractivity contribution in [2.75, 3.05) is 0 Å². The maximum Gasteiger partial charge on any atom is 0.205 e. The maximum atomic E-state index is 13.6. The normalized spacial score (nSPS) is 11.7. The van der Waals surface area contributed by atoms with Crippen molar-refractivity contribution in [3.8, 4) is 0 Å². The van der Waals surface area contributed by atoms with E-state index in [1.165, 1.54) is 0 Å². The fourth-order valence-electron chi connectivity index (χ4n) is 1.89. The summed E-state index contributed by atoms with van der Waals surface area (Å²) in [4.78, 5) is 0. The largest absolute Gasteiger partial charge is 0.453 e. The second kappa shape index (κ2) is 3.66. The van der Waals surface area contributed by atoms with Gasteiger partial charge in [0.2, 0.25) is 11.6 Å². The third kappa shape index (κ3) is 1.38. The average Bonchev–Trinajstić information content (AvgIpc) is 2.78. The summed E-state index contributed by atoms with van der Waals surface area (Å²) in [6.45, 7) is 0. The lowest BCUT2D eigenvalue weighted by Gasteiger charge is -1.99. The predicted octanol–water partition coefficient (Wildman–Crippen LogP) is 4.42. The summed E-state index contributed by atoms with van der Waals surface area (Å²) in [6, 6.07) is 1.57. The van der Waals surface area contributed by atoms with Crippen LogP contribution in [0.2, 0.25) is 0 Å². The van der Waals surface area contributed by atoms with Crippen LogP contribution in [0.25, 0.3) is 21.9 Å². The summed E-state index contributed by atoms with van der Waals surface area (Å²) in [5, 5.41) is -1.74. The zero-order valence-corrected chi connectivity index (χ0v) is 8.83. The van der Waals surface area contributed by atoms with E-state index in [0.29, 0.717) is 6.07 Å². The Morgan fingerprint density at radius 2 is 1.26 bits per heavy atom. The van der Waals surface area contributed by atoms with E-state index in [1.54, 1.807) is 0 Å². The van der Waals surface area contributed by atoms with Crippen molar-refractivity contribution < 1.29 is 30.8 Å². The van der Waals surface area contributed by atoms with E-state index in [0.717, 1.165) is 6.07 Å². The van der Waals surface area contributed by atoms with E-state index in [1.807, 2.05) is 0 Å². The molecule has 98 valence electrons. The minimum absolute atomic E-state index is 0.420. The molecule has 1 aromatic heterocycles. The van der Waals surface area contributed by atoms with Crippen LogP contribution in [0.1, 0.15) is 0 Å². The van der Waals surface area contributed by atoms with Crippen molar-refractivity contribution in [1.82, 2.24) is 0 Å². The lowest BCUT2D eigenvalue weighted by Crippen LogP contribution is -1.96. The predicted molar refractivity (Wildman–Crippen MR) is 53.5 cm³/mol. The summed E-state index contributed by atoms with van der Waals surface area (Å²) in [7, 11) is 0. The lowest BCUT2D eigenvalue weighted by molar-refractivity contribution is 0.411. The zero-order valence-electron chi connectivity index (χ0n) is 8.83. The molecule has 0 aliphatic carbocycles. The molecule has 1 nitrogen and oxygen atoms in total. The first-order valence-corrected chi connectivity index (χ1v) is 4.95. The van der Waals surface area contributed by atoms with Crippen LogP contribution in [0, 0.1) is 34.9 Å². The number of rotatable bonds is 0. The highest BCUT2D eigenvalue weighted by Gasteiger charge is 2.27. The maximum absolute atomic E-state index is 13.6. The van der Waals surface area contributed by atoms with E-state index in [9.17, 15) is 26.3 Å². The van der Waals surface area contributed by atoms with Gasteiger partial charge in [-0.2, -0.15) is 4.39 Å². The summed E-state index contributed by atoms with van der Waals surface area (Å²) in [5.74, 6) is -10.7. The first-order valence-electron chi connectivity index (χ1n) is 4.95. The Kier molecular flexibility index (Phi) is 2.29. The van der Waals surface area contributed by atoms with Crippen molar-refractivity contribution in [3.05, 3.63) is 47.0 Å². The SMILES string of the molecule is Fc1ccc2oc3c(F)c(F)c(F)c(F)c3c2c1F.